The van der Waals surface area contributed by atoms with Crippen LogP contribution < -0.4 is 0 Å². The highest BCUT2D eigenvalue weighted by atomic mass is 35.5. The number of nitrogens with zero attached hydrogens (tertiary/aromatic N) is 4. The number of aryl methyl sites for hydroxylation is 4. The van der Waals surface area contributed by atoms with Crippen molar-refractivity contribution in [3.8, 4) is 0 Å². The molecule has 4 unspecified atom stereocenters. The van der Waals surface area contributed by atoms with E-state index in [4.69, 9.17) is 33.2 Å². The zero-order valence-corrected chi connectivity index (χ0v) is 36.3. The predicted octanol–water partition coefficient (Wildman–Crippen LogP) is 10.8. The third-order valence-corrected chi connectivity index (χ3v) is 13.0. The van der Waals surface area contributed by atoms with Crippen LogP contribution in [0.1, 0.15) is 109 Å². The number of aromatic nitrogens is 4. The van der Waals surface area contributed by atoms with E-state index in [2.05, 4.69) is 34.2 Å². The molecule has 0 saturated carbocycles. The van der Waals surface area contributed by atoms with Crippen molar-refractivity contribution in [2.24, 2.45) is 0 Å². The standard InChI is InChI=1S/C48H52Cl2N4O6S/c49-33-23-19-31-21-25-35(53-41(31)29-33)13-7-3-1-5-9-17-39-37(15-11-27-51-39)45(43(55)47(57)58)61-46(44(56)48(59)60)38-16-12-28-52-40(38)18-10-6-2-4-8-14-36-26-22-32-20-24-34(50)30-42(32)54-36/h11-12,15-16,19-30,43-46,55-56H,1-10,13-14,17-18H2,(H,57,58)(H,59,60). The summed E-state index contributed by atoms with van der Waals surface area (Å²) >= 11 is 13.2. The van der Waals surface area contributed by atoms with Gasteiger partial charge in [0.15, 0.2) is 12.2 Å². The van der Waals surface area contributed by atoms with E-state index in [1.807, 2.05) is 36.4 Å². The molecule has 4 heterocycles. The lowest BCUT2D eigenvalue weighted by atomic mass is 10.00. The normalized spacial score (nSPS) is 13.6. The number of unbranched alkanes of at least 4 members (excludes halogenated alkanes) is 8. The Labute approximate surface area is 370 Å². The summed E-state index contributed by atoms with van der Waals surface area (Å²) in [6.45, 7) is 0. The largest absolute Gasteiger partial charge is 0.479 e. The van der Waals surface area contributed by atoms with Gasteiger partial charge in [0.05, 0.1) is 21.5 Å². The average Bonchev–Trinajstić information content (AvgIpc) is 3.25. The molecule has 4 atom stereocenters. The van der Waals surface area contributed by atoms with Crippen LogP contribution in [0.15, 0.2) is 97.3 Å². The van der Waals surface area contributed by atoms with Crippen molar-refractivity contribution in [1.82, 2.24) is 19.9 Å². The molecule has 4 N–H and O–H groups in total. The van der Waals surface area contributed by atoms with E-state index in [1.165, 1.54) is 0 Å². The molecule has 61 heavy (non-hydrogen) atoms. The maximum atomic E-state index is 12.4. The number of carboxylic acid groups (broad SMARTS) is 2. The van der Waals surface area contributed by atoms with Crippen molar-refractivity contribution in [3.05, 3.63) is 141 Å². The summed E-state index contributed by atoms with van der Waals surface area (Å²) in [5.74, 6) is -2.90. The molecular weight excluding hydrogens is 832 g/mol. The van der Waals surface area contributed by atoms with Crippen LogP contribution in [-0.2, 0) is 35.3 Å². The molecule has 0 radical (unpaired) electrons. The number of hydrogen-bond donors (Lipinski definition) is 4. The molecule has 6 rings (SSSR count). The Hall–Kier alpha value is -4.65. The van der Waals surface area contributed by atoms with Crippen molar-refractivity contribution >= 4 is 68.7 Å². The molecule has 6 aromatic rings. The Kier molecular flexibility index (Phi) is 17.3. The Morgan fingerprint density at radius 3 is 1.31 bits per heavy atom. The highest BCUT2D eigenvalue weighted by Gasteiger charge is 2.38. The van der Waals surface area contributed by atoms with Gasteiger partial charge < -0.3 is 20.4 Å². The van der Waals surface area contributed by atoms with Gasteiger partial charge in [-0.2, -0.15) is 0 Å². The van der Waals surface area contributed by atoms with E-state index in [9.17, 15) is 30.0 Å². The smallest absolute Gasteiger partial charge is 0.334 e. The number of aliphatic hydroxyl groups is 2. The van der Waals surface area contributed by atoms with E-state index >= 15 is 0 Å². The number of fused-ring (bicyclic) bond motifs is 2. The van der Waals surface area contributed by atoms with E-state index in [0.29, 0.717) is 45.4 Å². The van der Waals surface area contributed by atoms with Gasteiger partial charge in [-0.05, 0) is 111 Å². The van der Waals surface area contributed by atoms with Crippen LogP contribution in [-0.4, -0.2) is 64.5 Å². The minimum atomic E-state index is -1.89. The Bertz CT molecular complexity index is 2240. The lowest BCUT2D eigenvalue weighted by molar-refractivity contribution is -0.146. The fraction of sp³-hybridized carbons (Fsp3) is 0.375. The van der Waals surface area contributed by atoms with Crippen molar-refractivity contribution < 1.29 is 30.0 Å². The molecule has 13 heteroatoms. The number of thioether (sulfide) groups is 1. The average molecular weight is 884 g/mol. The minimum absolute atomic E-state index is 0.501. The van der Waals surface area contributed by atoms with Crippen molar-refractivity contribution in [1.29, 1.82) is 0 Å². The summed E-state index contributed by atoms with van der Waals surface area (Å²) in [5, 5.41) is 43.6. The predicted molar refractivity (Wildman–Crippen MR) is 243 cm³/mol. The minimum Gasteiger partial charge on any atom is -0.479 e. The van der Waals surface area contributed by atoms with Gasteiger partial charge in [-0.1, -0.05) is 98.1 Å². The van der Waals surface area contributed by atoms with Gasteiger partial charge >= 0.3 is 11.9 Å². The monoisotopic (exact) mass is 882 g/mol. The highest BCUT2D eigenvalue weighted by Crippen LogP contribution is 2.46. The second kappa shape index (κ2) is 23.0. The number of benzene rings is 2. The zero-order valence-electron chi connectivity index (χ0n) is 34.0. The first-order valence-electron chi connectivity index (χ1n) is 21.0. The lowest BCUT2D eigenvalue weighted by Crippen LogP contribution is -2.32. The van der Waals surface area contributed by atoms with E-state index in [1.54, 1.807) is 36.7 Å². The highest BCUT2D eigenvalue weighted by molar-refractivity contribution is 7.99. The molecule has 0 amide bonds. The molecule has 0 spiro atoms. The number of aliphatic hydroxyl groups excluding tert-OH is 2. The van der Waals surface area contributed by atoms with Crippen LogP contribution >= 0.6 is 35.0 Å². The quantitative estimate of drug-likeness (QED) is 0.0427. The summed E-state index contributed by atoms with van der Waals surface area (Å²) in [4.78, 5) is 43.4. The fourth-order valence-corrected chi connectivity index (χ4v) is 9.59. The molecule has 2 aromatic carbocycles. The summed E-state index contributed by atoms with van der Waals surface area (Å²) < 4.78 is 0. The Morgan fingerprint density at radius 2 is 0.902 bits per heavy atom. The fourth-order valence-electron chi connectivity index (χ4n) is 7.69. The van der Waals surface area contributed by atoms with Crippen LogP contribution in [0, 0.1) is 0 Å². The van der Waals surface area contributed by atoms with Gasteiger partial charge in [0.1, 0.15) is 0 Å². The second-order valence-corrected chi connectivity index (χ2v) is 17.6. The summed E-state index contributed by atoms with van der Waals surface area (Å²) in [6, 6.07) is 26.5. The van der Waals surface area contributed by atoms with E-state index in [0.717, 1.165) is 122 Å². The third-order valence-electron chi connectivity index (χ3n) is 11.0. The van der Waals surface area contributed by atoms with Crippen LogP contribution in [0.3, 0.4) is 0 Å². The van der Waals surface area contributed by atoms with Gasteiger partial charge in [-0.15, -0.1) is 11.8 Å². The second-order valence-electron chi connectivity index (χ2n) is 15.4. The van der Waals surface area contributed by atoms with Crippen LogP contribution in [0.4, 0.5) is 0 Å². The first-order chi connectivity index (χ1) is 29.6. The SMILES string of the molecule is O=C(O)C(O)C(SC(c1cccnc1CCCCCCCc1ccc2ccc(Cl)cc2n1)C(O)C(=O)O)c1cccnc1CCCCCCCc1ccc2ccc(Cl)cc2n1. The van der Waals surface area contributed by atoms with Gasteiger partial charge in [-0.25, -0.2) is 9.59 Å². The number of rotatable bonds is 24. The summed E-state index contributed by atoms with van der Waals surface area (Å²) in [7, 11) is 0. The molecule has 0 aliphatic heterocycles. The number of aliphatic carboxylic acids is 2. The molecule has 320 valence electrons. The number of halogens is 2. The van der Waals surface area contributed by atoms with Gasteiger partial charge in [0.2, 0.25) is 0 Å². The lowest BCUT2D eigenvalue weighted by Gasteiger charge is -2.29. The Balaban J connectivity index is 1.04. The molecule has 10 nitrogen and oxygen atoms in total. The maximum Gasteiger partial charge on any atom is 0.334 e. The summed E-state index contributed by atoms with van der Waals surface area (Å²) in [5.41, 5.74) is 6.11. The molecule has 0 aliphatic rings. The van der Waals surface area contributed by atoms with Crippen LogP contribution in [0.5, 0.6) is 0 Å². The first kappa shape index (κ1) is 45.9. The number of pyridine rings is 4. The van der Waals surface area contributed by atoms with Gasteiger partial charge in [0.25, 0.3) is 0 Å². The number of carbonyl (C=O) groups is 2. The molecule has 0 saturated heterocycles. The molecule has 0 fully saturated rings. The Morgan fingerprint density at radius 1 is 0.525 bits per heavy atom. The van der Waals surface area contributed by atoms with Crippen molar-refractivity contribution in [2.75, 3.05) is 0 Å². The van der Waals surface area contributed by atoms with E-state index in [-0.39, 0.29) is 0 Å². The molecule has 0 aliphatic carbocycles. The molecule has 4 aromatic heterocycles. The summed E-state index contributed by atoms with van der Waals surface area (Å²) in [6.07, 6.45) is 11.7. The maximum absolute atomic E-state index is 12.4. The van der Waals surface area contributed by atoms with Crippen LogP contribution in [0.25, 0.3) is 21.8 Å². The van der Waals surface area contributed by atoms with Crippen LogP contribution in [0.2, 0.25) is 10.0 Å². The first-order valence-corrected chi connectivity index (χ1v) is 22.7. The zero-order chi connectivity index (χ0) is 43.1. The molecule has 0 bridgehead atoms. The van der Waals surface area contributed by atoms with Crippen molar-refractivity contribution in [2.45, 2.75) is 113 Å². The molecular formula is C48H52Cl2N4O6S. The number of carboxylic acids is 2. The van der Waals surface area contributed by atoms with Crippen molar-refractivity contribution in [3.63, 3.8) is 0 Å². The van der Waals surface area contributed by atoms with Gasteiger partial charge in [-0.3, -0.25) is 19.9 Å². The third kappa shape index (κ3) is 13.2. The topological polar surface area (TPSA) is 167 Å². The van der Waals surface area contributed by atoms with E-state index < -0.39 is 34.6 Å². The number of hydrogen-bond acceptors (Lipinski definition) is 9. The van der Waals surface area contributed by atoms with Gasteiger partial charge in [0, 0.05) is 56.0 Å².